The molecule has 16 heavy (non-hydrogen) atoms. The van der Waals surface area contributed by atoms with E-state index in [9.17, 15) is 4.79 Å². The van der Waals surface area contributed by atoms with E-state index in [1.165, 1.54) is 7.05 Å². The van der Waals surface area contributed by atoms with E-state index in [2.05, 4.69) is 15.6 Å². The first-order valence-corrected chi connectivity index (χ1v) is 4.90. The van der Waals surface area contributed by atoms with Crippen molar-refractivity contribution in [3.05, 3.63) is 29.3 Å². The minimum absolute atomic E-state index is 0.0851. The van der Waals surface area contributed by atoms with Crippen molar-refractivity contribution in [2.75, 3.05) is 12.4 Å². The van der Waals surface area contributed by atoms with Crippen LogP contribution in [0.25, 0.3) is 0 Å². The second kappa shape index (κ2) is 5.16. The van der Waals surface area contributed by atoms with Gasteiger partial charge in [-0.3, -0.25) is 10.3 Å². The molecule has 2 amide bonds. The molecule has 1 aromatic carbocycles. The van der Waals surface area contributed by atoms with Crippen molar-refractivity contribution < 1.29 is 4.79 Å². The first kappa shape index (κ1) is 12.0. The van der Waals surface area contributed by atoms with E-state index >= 15 is 0 Å². The molecule has 0 bridgehead atoms. The molecule has 0 aliphatic carbocycles. The number of aryl methyl sites for hydroxylation is 2. The van der Waals surface area contributed by atoms with E-state index in [1.54, 1.807) is 0 Å². The normalized spacial score (nSPS) is 11.1. The van der Waals surface area contributed by atoms with E-state index in [-0.39, 0.29) is 5.96 Å². The van der Waals surface area contributed by atoms with Gasteiger partial charge in [0, 0.05) is 12.7 Å². The number of carbonyl (C=O) groups excluding carboxylic acids is 1. The van der Waals surface area contributed by atoms with E-state index < -0.39 is 6.03 Å². The molecule has 0 spiro atoms. The van der Waals surface area contributed by atoms with Gasteiger partial charge < -0.3 is 11.1 Å². The zero-order valence-electron chi connectivity index (χ0n) is 9.66. The molecule has 0 saturated carbocycles. The fourth-order valence-electron chi connectivity index (χ4n) is 1.38. The summed E-state index contributed by atoms with van der Waals surface area (Å²) in [6.45, 7) is 3.94. The third-order valence-corrected chi connectivity index (χ3v) is 1.96. The van der Waals surface area contributed by atoms with Gasteiger partial charge >= 0.3 is 6.03 Å². The summed E-state index contributed by atoms with van der Waals surface area (Å²) in [6, 6.07) is 5.40. The van der Waals surface area contributed by atoms with E-state index in [0.717, 1.165) is 16.8 Å². The Morgan fingerprint density at radius 2 is 1.81 bits per heavy atom. The van der Waals surface area contributed by atoms with Crippen LogP contribution in [0.2, 0.25) is 0 Å². The highest BCUT2D eigenvalue weighted by molar-refractivity contribution is 6.01. The number of nitrogens with zero attached hydrogens (tertiary/aromatic N) is 1. The summed E-state index contributed by atoms with van der Waals surface area (Å²) < 4.78 is 0. The van der Waals surface area contributed by atoms with Crippen LogP contribution in [0.3, 0.4) is 0 Å². The molecular weight excluding hydrogens is 204 g/mol. The maximum Gasteiger partial charge on any atom is 0.325 e. The maximum absolute atomic E-state index is 11.4. The molecule has 0 atom stereocenters. The van der Waals surface area contributed by atoms with Crippen molar-refractivity contribution in [3.8, 4) is 0 Å². The number of aliphatic imine (C=N–C) groups is 1. The zero-order valence-corrected chi connectivity index (χ0v) is 9.66. The number of benzene rings is 1. The van der Waals surface area contributed by atoms with Crippen LogP contribution >= 0.6 is 0 Å². The van der Waals surface area contributed by atoms with Gasteiger partial charge in [-0.25, -0.2) is 4.79 Å². The summed E-state index contributed by atoms with van der Waals surface area (Å²) in [4.78, 5) is 15.0. The molecule has 1 rings (SSSR count). The molecule has 0 saturated heterocycles. The van der Waals surface area contributed by atoms with Gasteiger partial charge in [-0.15, -0.1) is 0 Å². The Bertz CT molecular complexity index is 406. The minimum Gasteiger partial charge on any atom is -0.370 e. The fraction of sp³-hybridized carbons (Fsp3) is 0.273. The number of hydrogen-bond donors (Lipinski definition) is 3. The molecule has 0 aliphatic heterocycles. The van der Waals surface area contributed by atoms with Crippen molar-refractivity contribution in [2.24, 2.45) is 10.7 Å². The van der Waals surface area contributed by atoms with E-state index in [0.29, 0.717) is 0 Å². The first-order chi connectivity index (χ1) is 7.51. The van der Waals surface area contributed by atoms with Crippen LogP contribution in [0, 0.1) is 13.8 Å². The number of nitrogens with one attached hydrogen (secondary N) is 2. The molecule has 0 heterocycles. The van der Waals surface area contributed by atoms with Crippen LogP contribution in [0.15, 0.2) is 23.2 Å². The second-order valence-corrected chi connectivity index (χ2v) is 3.56. The van der Waals surface area contributed by atoms with Gasteiger partial charge in [0.1, 0.15) is 0 Å². The Kier molecular flexibility index (Phi) is 3.88. The van der Waals surface area contributed by atoms with Gasteiger partial charge in [0.2, 0.25) is 0 Å². The SMILES string of the molecule is CN=C(N)NC(=O)Nc1cc(C)cc(C)c1. The lowest BCUT2D eigenvalue weighted by Crippen LogP contribution is -2.39. The Morgan fingerprint density at radius 3 is 2.31 bits per heavy atom. The third-order valence-electron chi connectivity index (χ3n) is 1.96. The van der Waals surface area contributed by atoms with Gasteiger partial charge in [-0.1, -0.05) is 6.07 Å². The minimum atomic E-state index is -0.395. The molecule has 86 valence electrons. The number of nitrogens with two attached hydrogens (primary N) is 1. The molecule has 1 aromatic rings. The summed E-state index contributed by atoms with van der Waals surface area (Å²) >= 11 is 0. The van der Waals surface area contributed by atoms with Crippen LogP contribution in [-0.4, -0.2) is 19.0 Å². The van der Waals surface area contributed by atoms with Crippen molar-refractivity contribution in [1.82, 2.24) is 5.32 Å². The van der Waals surface area contributed by atoms with Crippen molar-refractivity contribution in [2.45, 2.75) is 13.8 Å². The molecule has 4 N–H and O–H groups in total. The second-order valence-electron chi connectivity index (χ2n) is 3.56. The third kappa shape index (κ3) is 3.61. The summed E-state index contributed by atoms with van der Waals surface area (Å²) in [5.74, 6) is 0.0851. The molecule has 0 aromatic heterocycles. The molecule has 0 fully saturated rings. The molecule has 0 radical (unpaired) electrons. The topological polar surface area (TPSA) is 79.5 Å². The summed E-state index contributed by atoms with van der Waals surface area (Å²) in [7, 11) is 1.51. The van der Waals surface area contributed by atoms with Gasteiger partial charge in [0.05, 0.1) is 0 Å². The maximum atomic E-state index is 11.4. The number of rotatable bonds is 1. The number of urea groups is 1. The Hall–Kier alpha value is -2.04. The number of amides is 2. The smallest absolute Gasteiger partial charge is 0.325 e. The van der Waals surface area contributed by atoms with Crippen LogP contribution in [0.5, 0.6) is 0 Å². The Balaban J connectivity index is 2.70. The molecular formula is C11H16N4O. The number of hydrogen-bond acceptors (Lipinski definition) is 2. The molecule has 0 unspecified atom stereocenters. The molecule has 5 heteroatoms. The predicted octanol–water partition coefficient (Wildman–Crippen LogP) is 1.37. The van der Waals surface area contributed by atoms with Crippen LogP contribution in [-0.2, 0) is 0 Å². The fourth-order valence-corrected chi connectivity index (χ4v) is 1.38. The molecule has 0 aliphatic rings. The van der Waals surface area contributed by atoms with E-state index in [1.807, 2.05) is 32.0 Å². The summed E-state index contributed by atoms with van der Waals surface area (Å²) in [5, 5.41) is 5.07. The lowest BCUT2D eigenvalue weighted by Gasteiger charge is -2.08. The summed E-state index contributed by atoms with van der Waals surface area (Å²) in [5.41, 5.74) is 8.28. The average molecular weight is 220 g/mol. The van der Waals surface area contributed by atoms with Gasteiger partial charge in [-0.2, -0.15) is 0 Å². The van der Waals surface area contributed by atoms with Crippen LogP contribution < -0.4 is 16.4 Å². The van der Waals surface area contributed by atoms with Crippen molar-refractivity contribution >= 4 is 17.7 Å². The summed E-state index contributed by atoms with van der Waals surface area (Å²) in [6.07, 6.45) is 0. The highest BCUT2D eigenvalue weighted by Crippen LogP contribution is 2.13. The lowest BCUT2D eigenvalue weighted by molar-refractivity contribution is 0.256. The molecule has 5 nitrogen and oxygen atoms in total. The largest absolute Gasteiger partial charge is 0.370 e. The Morgan fingerprint density at radius 1 is 1.25 bits per heavy atom. The van der Waals surface area contributed by atoms with Crippen LogP contribution in [0.4, 0.5) is 10.5 Å². The highest BCUT2D eigenvalue weighted by atomic mass is 16.2. The van der Waals surface area contributed by atoms with E-state index in [4.69, 9.17) is 5.73 Å². The van der Waals surface area contributed by atoms with Crippen LogP contribution in [0.1, 0.15) is 11.1 Å². The van der Waals surface area contributed by atoms with Crippen molar-refractivity contribution in [1.29, 1.82) is 0 Å². The predicted molar refractivity (Wildman–Crippen MR) is 65.6 cm³/mol. The number of anilines is 1. The average Bonchev–Trinajstić information content (AvgIpc) is 2.15. The lowest BCUT2D eigenvalue weighted by atomic mass is 10.1. The number of guanidine groups is 1. The van der Waals surface area contributed by atoms with Gasteiger partial charge in [-0.05, 0) is 37.1 Å². The Labute approximate surface area is 94.8 Å². The van der Waals surface area contributed by atoms with Crippen molar-refractivity contribution in [3.63, 3.8) is 0 Å². The monoisotopic (exact) mass is 220 g/mol. The highest BCUT2D eigenvalue weighted by Gasteiger charge is 2.03. The number of carbonyl (C=O) groups is 1. The zero-order chi connectivity index (χ0) is 12.1. The van der Waals surface area contributed by atoms with Gasteiger partial charge in [0.25, 0.3) is 0 Å². The van der Waals surface area contributed by atoms with Gasteiger partial charge in [0.15, 0.2) is 5.96 Å². The standard InChI is InChI=1S/C11H16N4O/c1-7-4-8(2)6-9(5-7)14-11(16)15-10(12)13-3/h4-6H,1-3H3,(H4,12,13,14,15,16). The quantitative estimate of drug-likeness (QED) is 0.493. The first-order valence-electron chi connectivity index (χ1n) is 4.90.